The first-order chi connectivity index (χ1) is 8.43. The van der Waals surface area contributed by atoms with Crippen LogP contribution in [0.4, 0.5) is 0 Å². The first-order valence-corrected chi connectivity index (χ1v) is 5.13. The van der Waals surface area contributed by atoms with Gasteiger partial charge in [-0.05, 0) is 6.92 Å². The van der Waals surface area contributed by atoms with E-state index in [-0.39, 0.29) is 6.54 Å². The van der Waals surface area contributed by atoms with Crippen LogP contribution in [-0.2, 0) is 33.4 Å². The van der Waals surface area contributed by atoms with Crippen LogP contribution in [0, 0.1) is 0 Å². The minimum atomic E-state index is -1.62. The van der Waals surface area contributed by atoms with Crippen LogP contribution in [0.5, 0.6) is 0 Å². The van der Waals surface area contributed by atoms with Crippen molar-refractivity contribution in [2.24, 2.45) is 0 Å². The number of hydrogen-bond acceptors (Lipinski definition) is 8. The van der Waals surface area contributed by atoms with Gasteiger partial charge in [0.25, 0.3) is 5.54 Å². The summed E-state index contributed by atoms with van der Waals surface area (Å²) in [6.07, 6.45) is -0.939. The molecule has 1 aliphatic heterocycles. The summed E-state index contributed by atoms with van der Waals surface area (Å²) >= 11 is 0. The lowest BCUT2D eigenvalue weighted by atomic mass is 10.1. The fraction of sp³-hybridized carbons (Fsp3) is 0.700. The van der Waals surface area contributed by atoms with Gasteiger partial charge >= 0.3 is 17.9 Å². The van der Waals surface area contributed by atoms with Crippen molar-refractivity contribution in [2.75, 3.05) is 27.9 Å². The molecule has 102 valence electrons. The van der Waals surface area contributed by atoms with Crippen LogP contribution in [0.15, 0.2) is 0 Å². The molecule has 1 fully saturated rings. The number of carbonyl (C=O) groups excluding carboxylic acids is 3. The maximum absolute atomic E-state index is 11.6. The van der Waals surface area contributed by atoms with Crippen LogP contribution >= 0.6 is 0 Å². The van der Waals surface area contributed by atoms with E-state index in [1.807, 2.05) is 0 Å². The Morgan fingerprint density at radius 2 is 1.56 bits per heavy atom. The molecule has 0 aromatic heterocycles. The van der Waals surface area contributed by atoms with Crippen LogP contribution < -0.4 is 0 Å². The van der Waals surface area contributed by atoms with Crippen LogP contribution in [0.1, 0.15) is 6.92 Å². The average Bonchev–Trinajstić information content (AvgIpc) is 3.10. The van der Waals surface area contributed by atoms with Gasteiger partial charge < -0.3 is 14.2 Å². The van der Waals surface area contributed by atoms with Crippen molar-refractivity contribution in [2.45, 2.75) is 18.6 Å². The van der Waals surface area contributed by atoms with Gasteiger partial charge in [-0.15, -0.1) is 0 Å². The number of methoxy groups -OCH3 is 3. The summed E-state index contributed by atoms with van der Waals surface area (Å²) in [5, 5.41) is 1.03. The molecule has 0 amide bonds. The molecule has 0 aromatic rings. The lowest BCUT2D eigenvalue weighted by molar-refractivity contribution is -0.190. The summed E-state index contributed by atoms with van der Waals surface area (Å²) in [5.74, 6) is -2.22. The molecule has 0 radical (unpaired) electrons. The van der Waals surface area contributed by atoms with Gasteiger partial charge in [-0.2, -0.15) is 5.06 Å². The van der Waals surface area contributed by atoms with Crippen molar-refractivity contribution in [1.29, 1.82) is 0 Å². The van der Waals surface area contributed by atoms with Gasteiger partial charge in [-0.25, -0.2) is 14.4 Å². The number of rotatable bonds is 5. The van der Waals surface area contributed by atoms with E-state index < -0.39 is 29.6 Å². The Bertz CT molecular complexity index is 351. The van der Waals surface area contributed by atoms with Crippen molar-refractivity contribution < 1.29 is 33.4 Å². The predicted octanol–water partition coefficient (Wildman–Crippen LogP) is -1.12. The number of nitrogens with zero attached hydrogens (tertiary/aromatic N) is 1. The van der Waals surface area contributed by atoms with Gasteiger partial charge in [-0.3, -0.25) is 4.84 Å². The molecule has 1 heterocycles. The molecular formula is C10H15NO7. The molecule has 0 spiro atoms. The van der Waals surface area contributed by atoms with Crippen LogP contribution in [0.2, 0.25) is 0 Å². The lowest BCUT2D eigenvalue weighted by Gasteiger charge is -2.15. The van der Waals surface area contributed by atoms with Crippen LogP contribution in [0.3, 0.4) is 0 Å². The van der Waals surface area contributed by atoms with E-state index in [0.29, 0.717) is 0 Å². The first-order valence-electron chi connectivity index (χ1n) is 5.13. The highest BCUT2D eigenvalue weighted by atomic mass is 16.7. The summed E-state index contributed by atoms with van der Waals surface area (Å²) in [4.78, 5) is 39.4. The Morgan fingerprint density at radius 1 is 1.06 bits per heavy atom. The van der Waals surface area contributed by atoms with Gasteiger partial charge in [0.15, 0.2) is 6.10 Å². The predicted molar refractivity (Wildman–Crippen MR) is 56.0 cm³/mol. The highest BCUT2D eigenvalue weighted by Crippen LogP contribution is 2.36. The molecule has 0 saturated carbocycles. The monoisotopic (exact) mass is 261 g/mol. The van der Waals surface area contributed by atoms with Gasteiger partial charge in [0.2, 0.25) is 0 Å². The smallest absolute Gasteiger partial charge is 0.341 e. The van der Waals surface area contributed by atoms with E-state index in [0.717, 1.165) is 19.3 Å². The molecule has 2 atom stereocenters. The fourth-order valence-corrected chi connectivity index (χ4v) is 1.45. The van der Waals surface area contributed by atoms with Crippen molar-refractivity contribution in [3.8, 4) is 0 Å². The molecule has 18 heavy (non-hydrogen) atoms. The highest BCUT2D eigenvalue weighted by Gasteiger charge is 2.69. The third kappa shape index (κ3) is 2.29. The van der Waals surface area contributed by atoms with Crippen LogP contribution in [0.25, 0.3) is 0 Å². The normalized spacial score (nSPS) is 21.7. The number of hydrogen-bond donors (Lipinski definition) is 0. The Balaban J connectivity index is 2.74. The maximum Gasteiger partial charge on any atom is 0.341 e. The number of hydroxylamine groups is 2. The summed E-state index contributed by atoms with van der Waals surface area (Å²) in [6, 6.07) is 0. The standard InChI is InChI=1S/C10H15NO7/c1-6(7(12)15-2)18-11-5-10(11,8(13)16-3)9(14)17-4/h6H,5H2,1-4H3/t6-,11?/m0/s1. The van der Waals surface area contributed by atoms with Gasteiger partial charge in [-0.1, -0.05) is 0 Å². The Morgan fingerprint density at radius 3 is 1.94 bits per heavy atom. The zero-order valence-corrected chi connectivity index (χ0v) is 10.6. The first kappa shape index (κ1) is 14.4. The van der Waals surface area contributed by atoms with Crippen molar-refractivity contribution >= 4 is 17.9 Å². The number of carbonyl (C=O) groups is 3. The SMILES string of the molecule is COC(=O)[C@H](C)ON1CC1(C(=O)OC)C(=O)OC. The zero-order valence-electron chi connectivity index (χ0n) is 10.6. The van der Waals surface area contributed by atoms with Crippen molar-refractivity contribution in [3.63, 3.8) is 0 Å². The van der Waals surface area contributed by atoms with Gasteiger partial charge in [0.05, 0.1) is 27.9 Å². The minimum absolute atomic E-state index is 0.0340. The van der Waals surface area contributed by atoms with E-state index in [4.69, 9.17) is 4.84 Å². The second-order valence-corrected chi connectivity index (χ2v) is 3.65. The minimum Gasteiger partial charge on any atom is -0.467 e. The fourth-order valence-electron chi connectivity index (χ4n) is 1.45. The topological polar surface area (TPSA) is 91.1 Å². The molecule has 8 heteroatoms. The molecule has 1 rings (SSSR count). The van der Waals surface area contributed by atoms with E-state index in [9.17, 15) is 14.4 Å². The molecule has 0 N–H and O–H groups in total. The molecule has 1 aliphatic rings. The quantitative estimate of drug-likeness (QED) is 0.266. The van der Waals surface area contributed by atoms with E-state index in [1.165, 1.54) is 14.0 Å². The number of ether oxygens (including phenoxy) is 3. The van der Waals surface area contributed by atoms with E-state index in [2.05, 4.69) is 14.2 Å². The summed E-state index contributed by atoms with van der Waals surface area (Å²) < 4.78 is 13.5. The Labute approximate surface area is 104 Å². The molecule has 1 unspecified atom stereocenters. The molecule has 0 bridgehead atoms. The molecular weight excluding hydrogens is 246 g/mol. The summed E-state index contributed by atoms with van der Waals surface area (Å²) in [5.41, 5.74) is -1.62. The second-order valence-electron chi connectivity index (χ2n) is 3.65. The third-order valence-electron chi connectivity index (χ3n) is 2.56. The molecule has 1 saturated heterocycles. The van der Waals surface area contributed by atoms with E-state index >= 15 is 0 Å². The maximum atomic E-state index is 11.6. The van der Waals surface area contributed by atoms with Gasteiger partial charge in [0.1, 0.15) is 0 Å². The zero-order chi connectivity index (χ0) is 13.9. The summed E-state index contributed by atoms with van der Waals surface area (Å²) in [6.45, 7) is 1.40. The highest BCUT2D eigenvalue weighted by molar-refractivity contribution is 6.08. The second kappa shape index (κ2) is 5.32. The Hall–Kier alpha value is -1.67. The van der Waals surface area contributed by atoms with Crippen molar-refractivity contribution in [3.05, 3.63) is 0 Å². The largest absolute Gasteiger partial charge is 0.467 e. The lowest BCUT2D eigenvalue weighted by Crippen LogP contribution is -2.41. The average molecular weight is 261 g/mol. The number of esters is 3. The Kier molecular flexibility index (Phi) is 4.25. The van der Waals surface area contributed by atoms with Crippen molar-refractivity contribution in [1.82, 2.24) is 5.06 Å². The third-order valence-corrected chi connectivity index (χ3v) is 2.56. The van der Waals surface area contributed by atoms with Crippen LogP contribution in [-0.4, -0.2) is 62.5 Å². The van der Waals surface area contributed by atoms with E-state index in [1.54, 1.807) is 0 Å². The summed E-state index contributed by atoms with van der Waals surface area (Å²) in [7, 11) is 3.50. The molecule has 8 nitrogen and oxygen atoms in total. The molecule has 0 aromatic carbocycles. The van der Waals surface area contributed by atoms with Gasteiger partial charge in [0, 0.05) is 0 Å². The molecule has 0 aliphatic carbocycles.